The molecule has 1 saturated heterocycles. The molecule has 2 fully saturated rings. The number of allylic oxidation sites excluding steroid dienone is 2. The monoisotopic (exact) mass is 444 g/mol. The van der Waals surface area contributed by atoms with Crippen LogP contribution in [0.3, 0.4) is 0 Å². The zero-order valence-corrected chi connectivity index (χ0v) is 18.1. The number of hydrogen-bond donors (Lipinski definition) is 0. The fraction of sp³-hybridized carbons (Fsp3) is 0.481. The van der Waals surface area contributed by atoms with E-state index in [1.807, 2.05) is 0 Å². The number of hydrogen-bond acceptors (Lipinski definition) is 1. The largest absolute Gasteiger partial charge is 0.378 e. The topological polar surface area (TPSA) is 9.23 Å². The van der Waals surface area contributed by atoms with Gasteiger partial charge in [-0.2, -0.15) is 0 Å². The van der Waals surface area contributed by atoms with E-state index in [1.165, 1.54) is 37.8 Å². The zero-order valence-electron chi connectivity index (χ0n) is 18.1. The Morgan fingerprint density at radius 2 is 1.47 bits per heavy atom. The molecule has 1 aliphatic heterocycles. The third kappa shape index (κ3) is 4.24. The summed E-state index contributed by atoms with van der Waals surface area (Å²) in [6.07, 6.45) is 11.8. The molecular formula is C27H28F4O. The Labute approximate surface area is 186 Å². The van der Waals surface area contributed by atoms with Gasteiger partial charge < -0.3 is 4.74 Å². The summed E-state index contributed by atoms with van der Waals surface area (Å²) in [5.74, 6) is -2.63. The second-order valence-electron chi connectivity index (χ2n) is 9.61. The molecule has 0 amide bonds. The minimum Gasteiger partial charge on any atom is -0.378 e. The zero-order chi connectivity index (χ0) is 22.2. The van der Waals surface area contributed by atoms with Crippen LogP contribution in [0.25, 0.3) is 16.7 Å². The molecule has 3 aliphatic rings. The van der Waals surface area contributed by atoms with E-state index in [9.17, 15) is 17.6 Å². The van der Waals surface area contributed by atoms with Gasteiger partial charge in [0.2, 0.25) is 0 Å². The Kier molecular flexibility index (Phi) is 6.11. The van der Waals surface area contributed by atoms with Crippen molar-refractivity contribution in [3.8, 4) is 11.1 Å². The van der Waals surface area contributed by atoms with Crippen LogP contribution >= 0.6 is 0 Å². The van der Waals surface area contributed by atoms with Crippen molar-refractivity contribution in [1.29, 1.82) is 0 Å². The van der Waals surface area contributed by atoms with Crippen LogP contribution in [0.4, 0.5) is 17.6 Å². The first kappa shape index (κ1) is 21.7. The summed E-state index contributed by atoms with van der Waals surface area (Å²) < 4.78 is 61.3. The summed E-state index contributed by atoms with van der Waals surface area (Å²) in [5.41, 5.74) is 1.91. The molecule has 0 radical (unpaired) electrons. The molecule has 170 valence electrons. The van der Waals surface area contributed by atoms with Crippen molar-refractivity contribution in [2.45, 2.75) is 57.5 Å². The van der Waals surface area contributed by atoms with Crippen molar-refractivity contribution in [3.05, 3.63) is 65.2 Å². The van der Waals surface area contributed by atoms with Crippen molar-refractivity contribution in [1.82, 2.24) is 0 Å². The third-order valence-electron chi connectivity index (χ3n) is 7.77. The van der Waals surface area contributed by atoms with Crippen LogP contribution in [0.15, 0.2) is 36.4 Å². The van der Waals surface area contributed by atoms with Gasteiger partial charge >= 0.3 is 0 Å². The van der Waals surface area contributed by atoms with Crippen LogP contribution < -0.4 is 0 Å². The lowest BCUT2D eigenvalue weighted by molar-refractivity contribution is -0.0700. The molecule has 1 saturated carbocycles. The van der Waals surface area contributed by atoms with E-state index < -0.39 is 23.3 Å². The maximum atomic E-state index is 14.8. The van der Waals surface area contributed by atoms with Gasteiger partial charge in [-0.15, -0.1) is 0 Å². The number of ether oxygens (including phenoxy) is 1. The second kappa shape index (κ2) is 9.01. The summed E-state index contributed by atoms with van der Waals surface area (Å²) in [4.78, 5) is 0. The molecule has 5 heteroatoms. The molecule has 2 aromatic rings. The quantitative estimate of drug-likeness (QED) is 0.347. The van der Waals surface area contributed by atoms with Crippen molar-refractivity contribution < 1.29 is 22.3 Å². The second-order valence-corrected chi connectivity index (χ2v) is 9.61. The highest BCUT2D eigenvalue weighted by molar-refractivity contribution is 5.71. The normalized spacial score (nSPS) is 26.5. The fourth-order valence-corrected chi connectivity index (χ4v) is 5.56. The molecule has 1 nitrogen and oxygen atoms in total. The van der Waals surface area contributed by atoms with Gasteiger partial charge in [-0.1, -0.05) is 37.5 Å². The van der Waals surface area contributed by atoms with Crippen LogP contribution in [0.2, 0.25) is 0 Å². The smallest absolute Gasteiger partial charge is 0.194 e. The highest BCUT2D eigenvalue weighted by Crippen LogP contribution is 2.42. The summed E-state index contributed by atoms with van der Waals surface area (Å²) >= 11 is 0. The Balaban J connectivity index is 1.24. The Morgan fingerprint density at radius 1 is 0.719 bits per heavy atom. The molecule has 0 spiro atoms. The van der Waals surface area contributed by atoms with E-state index in [0.29, 0.717) is 12.0 Å². The SMILES string of the molecule is Fc1cc(C2=CCC(C3CCC(C4CCC4)CO3)CC2)ccc1-c1cc(F)c(F)c(F)c1. The van der Waals surface area contributed by atoms with Crippen molar-refractivity contribution in [3.63, 3.8) is 0 Å². The minimum absolute atomic E-state index is 0.0159. The van der Waals surface area contributed by atoms with Gasteiger partial charge in [0.25, 0.3) is 0 Å². The Hall–Kier alpha value is -2.14. The number of benzene rings is 2. The predicted octanol–water partition coefficient (Wildman–Crippen LogP) is 7.69. The van der Waals surface area contributed by atoms with E-state index in [0.717, 1.165) is 67.4 Å². The molecule has 2 aliphatic carbocycles. The first-order valence-corrected chi connectivity index (χ1v) is 11.7. The first-order chi connectivity index (χ1) is 15.5. The maximum absolute atomic E-state index is 14.8. The average Bonchev–Trinajstić information content (AvgIpc) is 2.76. The Bertz CT molecular complexity index is 995. The lowest BCUT2D eigenvalue weighted by atomic mass is 9.72. The standard InChI is InChI=1S/C27H28F4O/c28-23-12-19(8-10-22(23)21-13-24(29)27(31)25(30)14-21)17-4-6-18(7-5-17)26-11-9-20(15-32-26)16-2-1-3-16/h4,8,10,12-14,16,18,20,26H,1-3,5-7,9,11,15H2. The van der Waals surface area contributed by atoms with Gasteiger partial charge in [-0.3, -0.25) is 0 Å². The van der Waals surface area contributed by atoms with E-state index in [4.69, 9.17) is 4.74 Å². The number of halogens is 4. The molecule has 2 aromatic carbocycles. The van der Waals surface area contributed by atoms with Gasteiger partial charge in [0.1, 0.15) is 5.82 Å². The number of rotatable bonds is 4. The predicted molar refractivity (Wildman–Crippen MR) is 117 cm³/mol. The summed E-state index contributed by atoms with van der Waals surface area (Å²) in [6, 6.07) is 6.32. The van der Waals surface area contributed by atoms with Gasteiger partial charge in [0.15, 0.2) is 17.5 Å². The fourth-order valence-electron chi connectivity index (χ4n) is 5.56. The van der Waals surface area contributed by atoms with Crippen LogP contribution in [0.1, 0.15) is 56.9 Å². The van der Waals surface area contributed by atoms with Crippen molar-refractivity contribution in [2.24, 2.45) is 17.8 Å². The summed E-state index contributed by atoms with van der Waals surface area (Å²) in [7, 11) is 0. The van der Waals surface area contributed by atoms with E-state index in [1.54, 1.807) is 6.07 Å². The van der Waals surface area contributed by atoms with Gasteiger partial charge in [-0.25, -0.2) is 17.6 Å². The molecule has 0 bridgehead atoms. The van der Waals surface area contributed by atoms with E-state index >= 15 is 0 Å². The minimum atomic E-state index is -1.55. The van der Waals surface area contributed by atoms with Gasteiger partial charge in [0.05, 0.1) is 12.7 Å². The highest BCUT2D eigenvalue weighted by Gasteiger charge is 2.34. The first-order valence-electron chi connectivity index (χ1n) is 11.7. The summed E-state index contributed by atoms with van der Waals surface area (Å²) in [5, 5.41) is 0. The molecule has 1 heterocycles. The molecule has 3 unspecified atom stereocenters. The lowest BCUT2D eigenvalue weighted by Gasteiger charge is -2.41. The van der Waals surface area contributed by atoms with Gasteiger partial charge in [0, 0.05) is 5.56 Å². The lowest BCUT2D eigenvalue weighted by Crippen LogP contribution is -2.37. The highest BCUT2D eigenvalue weighted by atomic mass is 19.2. The van der Waals surface area contributed by atoms with E-state index in [2.05, 4.69) is 6.08 Å². The molecule has 0 N–H and O–H groups in total. The van der Waals surface area contributed by atoms with Crippen LogP contribution in [0.5, 0.6) is 0 Å². The molecule has 5 rings (SSSR count). The van der Waals surface area contributed by atoms with Crippen molar-refractivity contribution in [2.75, 3.05) is 6.61 Å². The molecule has 32 heavy (non-hydrogen) atoms. The Morgan fingerprint density at radius 3 is 2.03 bits per heavy atom. The summed E-state index contributed by atoms with van der Waals surface area (Å²) in [6.45, 7) is 0.902. The average molecular weight is 445 g/mol. The van der Waals surface area contributed by atoms with Gasteiger partial charge in [-0.05, 0) is 84.8 Å². The van der Waals surface area contributed by atoms with Crippen molar-refractivity contribution >= 4 is 5.57 Å². The van der Waals surface area contributed by atoms with Crippen LogP contribution in [-0.4, -0.2) is 12.7 Å². The van der Waals surface area contributed by atoms with Crippen LogP contribution in [0, 0.1) is 41.0 Å². The van der Waals surface area contributed by atoms with Crippen LogP contribution in [-0.2, 0) is 4.74 Å². The van der Waals surface area contributed by atoms with E-state index in [-0.39, 0.29) is 11.1 Å². The molecular weight excluding hydrogens is 416 g/mol. The maximum Gasteiger partial charge on any atom is 0.194 e. The molecule has 0 aromatic heterocycles. The third-order valence-corrected chi connectivity index (χ3v) is 7.77. The molecule has 3 atom stereocenters.